The summed E-state index contributed by atoms with van der Waals surface area (Å²) >= 11 is 0. The van der Waals surface area contributed by atoms with Gasteiger partial charge < -0.3 is 4.74 Å². The first-order valence-corrected chi connectivity index (χ1v) is 2.28. The molecule has 0 aromatic heterocycles. The topological polar surface area (TPSA) is 33.3 Å². The van der Waals surface area contributed by atoms with Crippen molar-refractivity contribution in [2.45, 2.75) is 6.23 Å². The highest BCUT2D eigenvalue weighted by atomic mass is 16.5. The van der Waals surface area contributed by atoms with Gasteiger partial charge in [0, 0.05) is 20.1 Å². The highest BCUT2D eigenvalue weighted by molar-refractivity contribution is 4.81. The Morgan fingerprint density at radius 2 is 2.71 bits per heavy atom. The number of hydrazine groups is 1. The lowest BCUT2D eigenvalue weighted by atomic mass is 10.4. The number of rotatable bonds is 1. The molecule has 0 aliphatic carbocycles. The quantitative estimate of drug-likeness (QED) is 0.457. The van der Waals surface area contributed by atoms with E-state index in [1.165, 1.54) is 0 Å². The maximum Gasteiger partial charge on any atom is 0.124 e. The second kappa shape index (κ2) is 2.26. The lowest BCUT2D eigenvalue weighted by Gasteiger charge is -2.03. The molecule has 1 aliphatic rings. The fraction of sp³-hybridized carbons (Fsp3) is 0.750. The van der Waals surface area contributed by atoms with E-state index in [-0.39, 0.29) is 6.23 Å². The summed E-state index contributed by atoms with van der Waals surface area (Å²) in [5.74, 6) is 0. The second-order valence-electron chi connectivity index (χ2n) is 1.42. The molecule has 0 bridgehead atoms. The van der Waals surface area contributed by atoms with E-state index in [0.29, 0.717) is 0 Å². The molecule has 41 valence electrons. The van der Waals surface area contributed by atoms with Gasteiger partial charge >= 0.3 is 0 Å². The summed E-state index contributed by atoms with van der Waals surface area (Å²) in [6.07, 6.45) is 2.12. The van der Waals surface area contributed by atoms with E-state index in [0.717, 1.165) is 6.54 Å². The molecule has 0 amide bonds. The van der Waals surface area contributed by atoms with Crippen LogP contribution in [0.2, 0.25) is 0 Å². The summed E-state index contributed by atoms with van der Waals surface area (Å²) in [6, 6.07) is 0. The molecule has 0 saturated carbocycles. The van der Waals surface area contributed by atoms with Crippen LogP contribution in [0.3, 0.4) is 0 Å². The third-order valence-corrected chi connectivity index (χ3v) is 0.932. The Hall–Kier alpha value is -0.120. The van der Waals surface area contributed by atoms with Crippen molar-refractivity contribution in [3.8, 4) is 0 Å². The van der Waals surface area contributed by atoms with Crippen LogP contribution in [-0.4, -0.2) is 19.9 Å². The normalized spacial score (nSPS) is 31.3. The van der Waals surface area contributed by atoms with Crippen LogP contribution in [0.5, 0.6) is 0 Å². The van der Waals surface area contributed by atoms with Gasteiger partial charge in [-0.1, -0.05) is 0 Å². The minimum Gasteiger partial charge on any atom is -0.365 e. The zero-order chi connectivity index (χ0) is 5.11. The van der Waals surface area contributed by atoms with Crippen molar-refractivity contribution in [1.82, 2.24) is 10.9 Å². The first kappa shape index (κ1) is 5.03. The van der Waals surface area contributed by atoms with Gasteiger partial charge in [0.15, 0.2) is 0 Å². The molecule has 3 heteroatoms. The number of nitrogens with one attached hydrogen (secondary N) is 2. The lowest BCUT2D eigenvalue weighted by Crippen LogP contribution is -2.30. The number of hydrogen-bond acceptors (Lipinski definition) is 3. The van der Waals surface area contributed by atoms with Crippen molar-refractivity contribution in [3.63, 3.8) is 0 Å². The zero-order valence-corrected chi connectivity index (χ0v) is 4.27. The maximum atomic E-state index is 4.88. The van der Waals surface area contributed by atoms with Crippen molar-refractivity contribution >= 4 is 0 Å². The van der Waals surface area contributed by atoms with Crippen LogP contribution in [0.4, 0.5) is 0 Å². The average Bonchev–Trinajstić information content (AvgIpc) is 2.14. The summed E-state index contributed by atoms with van der Waals surface area (Å²) < 4.78 is 4.88. The third kappa shape index (κ3) is 1.12. The Kier molecular flexibility index (Phi) is 1.62. The van der Waals surface area contributed by atoms with Crippen molar-refractivity contribution in [3.05, 3.63) is 6.42 Å². The van der Waals surface area contributed by atoms with Crippen molar-refractivity contribution in [1.29, 1.82) is 0 Å². The highest BCUT2D eigenvalue weighted by Gasteiger charge is 2.10. The minimum absolute atomic E-state index is 0.111. The SMILES string of the molecule is COC1[CH]CNN1. The predicted octanol–water partition coefficient (Wildman–Crippen LogP) is -0.729. The number of methoxy groups -OCH3 is 1. The predicted molar refractivity (Wildman–Crippen MR) is 26.2 cm³/mol. The molecule has 1 unspecified atom stereocenters. The van der Waals surface area contributed by atoms with Gasteiger partial charge in [0.05, 0.1) is 0 Å². The van der Waals surface area contributed by atoms with Crippen molar-refractivity contribution in [2.75, 3.05) is 13.7 Å². The molecule has 0 spiro atoms. The molecule has 0 aromatic rings. The van der Waals surface area contributed by atoms with E-state index < -0.39 is 0 Å². The van der Waals surface area contributed by atoms with Crippen molar-refractivity contribution < 1.29 is 4.74 Å². The molecule has 3 nitrogen and oxygen atoms in total. The smallest absolute Gasteiger partial charge is 0.124 e. The third-order valence-electron chi connectivity index (χ3n) is 0.932. The van der Waals surface area contributed by atoms with E-state index in [1.54, 1.807) is 7.11 Å². The van der Waals surface area contributed by atoms with Gasteiger partial charge in [0.2, 0.25) is 0 Å². The van der Waals surface area contributed by atoms with Crippen LogP contribution < -0.4 is 10.9 Å². The van der Waals surface area contributed by atoms with Crippen LogP contribution in [0.15, 0.2) is 0 Å². The monoisotopic (exact) mass is 101 g/mol. The van der Waals surface area contributed by atoms with Crippen LogP contribution in [0.25, 0.3) is 0 Å². The maximum absolute atomic E-state index is 4.88. The fourth-order valence-corrected chi connectivity index (χ4v) is 0.540. The van der Waals surface area contributed by atoms with Crippen LogP contribution in [0.1, 0.15) is 0 Å². The molecular weight excluding hydrogens is 92.1 g/mol. The summed E-state index contributed by atoms with van der Waals surface area (Å²) in [5, 5.41) is 0. The van der Waals surface area contributed by atoms with Gasteiger partial charge in [-0.15, -0.1) is 0 Å². The second-order valence-corrected chi connectivity index (χ2v) is 1.42. The Morgan fingerprint density at radius 3 is 3.00 bits per heavy atom. The number of ether oxygens (including phenoxy) is 1. The molecule has 0 aromatic carbocycles. The van der Waals surface area contributed by atoms with Gasteiger partial charge in [-0.3, -0.25) is 5.43 Å². The molecule has 1 rings (SSSR count). The molecule has 2 N–H and O–H groups in total. The summed E-state index contributed by atoms with van der Waals surface area (Å²) in [6.45, 7) is 0.887. The molecule has 7 heavy (non-hydrogen) atoms. The van der Waals surface area contributed by atoms with E-state index in [1.807, 2.05) is 6.42 Å². The number of hydrogen-bond donors (Lipinski definition) is 2. The zero-order valence-electron chi connectivity index (χ0n) is 4.27. The Bertz CT molecular complexity index is 51.7. The summed E-state index contributed by atoms with van der Waals surface area (Å²) in [7, 11) is 1.67. The van der Waals surface area contributed by atoms with Crippen LogP contribution in [-0.2, 0) is 4.74 Å². The molecule has 1 radical (unpaired) electrons. The highest BCUT2D eigenvalue weighted by Crippen LogP contribution is 1.91. The molecule has 1 atom stereocenters. The van der Waals surface area contributed by atoms with Gasteiger partial charge in [-0.05, 0) is 0 Å². The van der Waals surface area contributed by atoms with E-state index in [9.17, 15) is 0 Å². The van der Waals surface area contributed by atoms with Gasteiger partial charge in [-0.2, -0.15) is 0 Å². The first-order chi connectivity index (χ1) is 3.43. The van der Waals surface area contributed by atoms with Gasteiger partial charge in [0.1, 0.15) is 6.23 Å². The Labute approximate surface area is 43.0 Å². The molecule has 1 fully saturated rings. The summed E-state index contributed by atoms with van der Waals surface area (Å²) in [5.41, 5.74) is 5.77. The molecular formula is C4H9N2O. The molecule has 1 saturated heterocycles. The minimum atomic E-state index is 0.111. The first-order valence-electron chi connectivity index (χ1n) is 2.28. The van der Waals surface area contributed by atoms with Crippen LogP contribution in [0, 0.1) is 6.42 Å². The van der Waals surface area contributed by atoms with E-state index in [4.69, 9.17) is 4.74 Å². The van der Waals surface area contributed by atoms with E-state index >= 15 is 0 Å². The van der Waals surface area contributed by atoms with Crippen LogP contribution >= 0.6 is 0 Å². The van der Waals surface area contributed by atoms with Crippen molar-refractivity contribution in [2.24, 2.45) is 0 Å². The lowest BCUT2D eigenvalue weighted by molar-refractivity contribution is 0.109. The fourth-order valence-electron chi connectivity index (χ4n) is 0.540. The van der Waals surface area contributed by atoms with Gasteiger partial charge in [0.25, 0.3) is 0 Å². The Balaban J connectivity index is 2.14. The molecule has 1 aliphatic heterocycles. The van der Waals surface area contributed by atoms with E-state index in [2.05, 4.69) is 10.9 Å². The largest absolute Gasteiger partial charge is 0.365 e. The average molecular weight is 101 g/mol. The molecule has 1 heterocycles. The summed E-state index contributed by atoms with van der Waals surface area (Å²) in [4.78, 5) is 0. The Morgan fingerprint density at radius 1 is 1.86 bits per heavy atom. The standard InChI is InChI=1S/C4H9N2O/c1-7-4-2-3-5-6-4/h2,4-6H,3H2,1H3. The van der Waals surface area contributed by atoms with Gasteiger partial charge in [-0.25, -0.2) is 5.43 Å².